The lowest BCUT2D eigenvalue weighted by Crippen LogP contribution is -2.28. The summed E-state index contributed by atoms with van der Waals surface area (Å²) >= 11 is 0. The summed E-state index contributed by atoms with van der Waals surface area (Å²) in [5.41, 5.74) is 0.661. The van der Waals surface area contributed by atoms with Crippen LogP contribution in [0.4, 0.5) is 0 Å². The van der Waals surface area contributed by atoms with E-state index >= 15 is 0 Å². The number of carboxylic acids is 1. The molecular formula is C13H18NO6P. The van der Waals surface area contributed by atoms with E-state index in [9.17, 15) is 14.2 Å². The number of carbonyl (C=O) groups is 2. The van der Waals surface area contributed by atoms with Crippen molar-refractivity contribution in [3.05, 3.63) is 35.9 Å². The Labute approximate surface area is 122 Å². The number of carbonyl (C=O) groups excluding carboxylic acids is 1. The topological polar surface area (TPSA) is 124 Å². The van der Waals surface area contributed by atoms with Crippen molar-refractivity contribution in [3.8, 4) is 0 Å². The lowest BCUT2D eigenvalue weighted by molar-refractivity contribution is -0.136. The van der Waals surface area contributed by atoms with E-state index in [1.165, 1.54) is 0 Å². The van der Waals surface area contributed by atoms with Gasteiger partial charge in [0.2, 0.25) is 5.91 Å². The summed E-state index contributed by atoms with van der Waals surface area (Å²) in [5, 5.41) is 10.9. The van der Waals surface area contributed by atoms with E-state index in [2.05, 4.69) is 5.32 Å². The monoisotopic (exact) mass is 315 g/mol. The molecule has 1 aromatic rings. The molecule has 0 bridgehead atoms. The first-order valence-electron chi connectivity index (χ1n) is 6.36. The van der Waals surface area contributed by atoms with Gasteiger partial charge in [-0.3, -0.25) is 14.2 Å². The fourth-order valence-corrected chi connectivity index (χ4v) is 2.82. The van der Waals surface area contributed by atoms with Crippen LogP contribution >= 0.6 is 7.60 Å². The number of nitrogens with one attached hydrogen (secondary N) is 1. The Bertz CT molecular complexity index is 527. The number of amides is 1. The van der Waals surface area contributed by atoms with Crippen LogP contribution in [0.5, 0.6) is 0 Å². The smallest absolute Gasteiger partial charge is 0.326 e. The zero-order valence-electron chi connectivity index (χ0n) is 11.3. The van der Waals surface area contributed by atoms with Crippen molar-refractivity contribution in [2.45, 2.75) is 18.8 Å². The Morgan fingerprint density at radius 2 is 1.81 bits per heavy atom. The van der Waals surface area contributed by atoms with Crippen molar-refractivity contribution in [3.63, 3.8) is 0 Å². The second-order valence-corrected chi connectivity index (χ2v) is 6.35. The van der Waals surface area contributed by atoms with E-state index < -0.39 is 31.6 Å². The molecule has 1 amide bonds. The molecule has 1 rings (SSSR count). The van der Waals surface area contributed by atoms with Gasteiger partial charge in [0.05, 0.1) is 12.6 Å². The van der Waals surface area contributed by atoms with Gasteiger partial charge >= 0.3 is 13.6 Å². The van der Waals surface area contributed by atoms with Crippen LogP contribution in [0.25, 0.3) is 0 Å². The van der Waals surface area contributed by atoms with Gasteiger partial charge in [-0.15, -0.1) is 0 Å². The van der Waals surface area contributed by atoms with Crippen LogP contribution in [0.15, 0.2) is 30.3 Å². The van der Waals surface area contributed by atoms with Gasteiger partial charge in [0.15, 0.2) is 0 Å². The first-order chi connectivity index (χ1) is 9.78. The summed E-state index contributed by atoms with van der Waals surface area (Å²) < 4.78 is 11.2. The third-order valence-corrected chi connectivity index (χ3v) is 3.74. The molecule has 8 heteroatoms. The fourth-order valence-electron chi connectivity index (χ4n) is 1.90. The Balaban J connectivity index is 2.67. The third kappa shape index (κ3) is 7.60. The molecule has 1 atom stereocenters. The van der Waals surface area contributed by atoms with Gasteiger partial charge in [-0.05, 0) is 5.56 Å². The molecular weight excluding hydrogens is 297 g/mol. The van der Waals surface area contributed by atoms with Gasteiger partial charge in [0.25, 0.3) is 0 Å². The molecule has 0 aromatic heterocycles. The average molecular weight is 315 g/mol. The summed E-state index contributed by atoms with van der Waals surface area (Å²) in [6.45, 7) is -0.00835. The van der Waals surface area contributed by atoms with Gasteiger partial charge in [-0.1, -0.05) is 30.3 Å². The summed E-state index contributed by atoms with van der Waals surface area (Å²) in [6.07, 6.45) is -0.724. The van der Waals surface area contributed by atoms with Crippen LogP contribution in [0.2, 0.25) is 0 Å². The second kappa shape index (κ2) is 7.93. The normalized spacial score (nSPS) is 12.7. The first-order valence-corrected chi connectivity index (χ1v) is 8.15. The Morgan fingerprint density at radius 1 is 1.19 bits per heavy atom. The Kier molecular flexibility index (Phi) is 6.55. The molecule has 1 aromatic carbocycles. The minimum Gasteiger partial charge on any atom is -0.481 e. The third-order valence-electron chi connectivity index (χ3n) is 2.82. The fraction of sp³-hybridized carbons (Fsp3) is 0.385. The maximum Gasteiger partial charge on any atom is 0.326 e. The molecule has 0 heterocycles. The highest BCUT2D eigenvalue weighted by molar-refractivity contribution is 7.51. The van der Waals surface area contributed by atoms with Crippen LogP contribution in [-0.2, 0) is 14.2 Å². The van der Waals surface area contributed by atoms with E-state index in [-0.39, 0.29) is 19.4 Å². The molecule has 0 fully saturated rings. The molecule has 4 N–H and O–H groups in total. The summed E-state index contributed by atoms with van der Waals surface area (Å²) in [5.74, 6) is -2.07. The van der Waals surface area contributed by atoms with Gasteiger partial charge in [0.1, 0.15) is 0 Å². The van der Waals surface area contributed by atoms with Crippen molar-refractivity contribution in [2.75, 3.05) is 12.7 Å². The van der Waals surface area contributed by atoms with E-state index in [1.807, 2.05) is 0 Å². The van der Waals surface area contributed by atoms with Crippen molar-refractivity contribution in [1.29, 1.82) is 0 Å². The quantitative estimate of drug-likeness (QED) is 0.529. The van der Waals surface area contributed by atoms with Crippen molar-refractivity contribution < 1.29 is 29.0 Å². The molecule has 0 spiro atoms. The Hall–Kier alpha value is -1.69. The number of aliphatic carboxylic acids is 1. The average Bonchev–Trinajstić information content (AvgIpc) is 2.37. The molecule has 1 unspecified atom stereocenters. The molecule has 0 aliphatic heterocycles. The zero-order chi connectivity index (χ0) is 15.9. The Morgan fingerprint density at radius 3 is 2.33 bits per heavy atom. The molecule has 7 nitrogen and oxygen atoms in total. The molecule has 0 aliphatic rings. The maximum absolute atomic E-state index is 11.7. The van der Waals surface area contributed by atoms with Crippen LogP contribution in [-0.4, -0.2) is 39.5 Å². The van der Waals surface area contributed by atoms with Crippen LogP contribution in [0.3, 0.4) is 0 Å². The first kappa shape index (κ1) is 17.4. The lowest BCUT2D eigenvalue weighted by Gasteiger charge is -2.17. The van der Waals surface area contributed by atoms with Gasteiger partial charge in [-0.2, -0.15) is 0 Å². The van der Waals surface area contributed by atoms with Gasteiger partial charge < -0.3 is 20.2 Å². The minimum absolute atomic E-state index is 0.00835. The van der Waals surface area contributed by atoms with E-state index in [4.69, 9.17) is 14.9 Å². The molecule has 0 saturated carbocycles. The van der Waals surface area contributed by atoms with Crippen LogP contribution in [0.1, 0.15) is 24.3 Å². The van der Waals surface area contributed by atoms with Crippen LogP contribution < -0.4 is 5.32 Å². The van der Waals surface area contributed by atoms with Gasteiger partial charge in [0, 0.05) is 18.9 Å². The number of hydrogen-bond acceptors (Lipinski definition) is 3. The maximum atomic E-state index is 11.7. The molecule has 116 valence electrons. The number of hydrogen-bond donors (Lipinski definition) is 4. The molecule has 0 saturated heterocycles. The van der Waals surface area contributed by atoms with Crippen molar-refractivity contribution in [1.82, 2.24) is 5.32 Å². The predicted molar refractivity (Wildman–Crippen MR) is 76.0 cm³/mol. The number of carboxylic acid groups (broad SMARTS) is 1. The summed E-state index contributed by atoms with van der Waals surface area (Å²) in [7, 11) is -4.26. The predicted octanol–water partition coefficient (Wildman–Crippen LogP) is 0.929. The highest BCUT2D eigenvalue weighted by Gasteiger charge is 2.25. The molecule has 0 aliphatic carbocycles. The highest BCUT2D eigenvalue weighted by atomic mass is 31.2. The van der Waals surface area contributed by atoms with Crippen molar-refractivity contribution in [2.24, 2.45) is 0 Å². The van der Waals surface area contributed by atoms with E-state index in [0.717, 1.165) is 0 Å². The lowest BCUT2D eigenvalue weighted by atomic mass is 9.97. The number of rotatable bonds is 8. The summed E-state index contributed by atoms with van der Waals surface area (Å²) in [4.78, 5) is 40.3. The van der Waals surface area contributed by atoms with E-state index in [0.29, 0.717) is 5.56 Å². The number of benzene rings is 1. The molecule has 0 radical (unpaired) electrons. The standard InChI is InChI=1S/C13H18NO6P/c15-12(14-7-6-13(16)17)8-11(9-21(18,19)20)10-4-2-1-3-5-10/h1-5,11H,6-9H2,(H,14,15)(H,16,17)(H2,18,19,20). The summed E-state index contributed by atoms with van der Waals surface area (Å²) in [6, 6.07) is 8.62. The largest absolute Gasteiger partial charge is 0.481 e. The molecule has 21 heavy (non-hydrogen) atoms. The minimum atomic E-state index is -4.26. The SMILES string of the molecule is O=C(O)CCNC(=O)CC(CP(=O)(O)O)c1ccccc1. The van der Waals surface area contributed by atoms with E-state index in [1.54, 1.807) is 30.3 Å². The highest BCUT2D eigenvalue weighted by Crippen LogP contribution is 2.41. The van der Waals surface area contributed by atoms with Crippen molar-refractivity contribution >= 4 is 19.5 Å². The second-order valence-electron chi connectivity index (χ2n) is 4.65. The zero-order valence-corrected chi connectivity index (χ0v) is 12.2. The van der Waals surface area contributed by atoms with Gasteiger partial charge in [-0.25, -0.2) is 0 Å². The van der Waals surface area contributed by atoms with Crippen LogP contribution in [0, 0.1) is 0 Å².